The van der Waals surface area contributed by atoms with Crippen molar-refractivity contribution in [2.24, 2.45) is 12.2 Å². The second kappa shape index (κ2) is 4.18. The highest BCUT2D eigenvalue weighted by Crippen LogP contribution is 2.19. The molecule has 1 aromatic carbocycles. The minimum atomic E-state index is 0.807. The Kier molecular flexibility index (Phi) is 2.72. The average molecular weight is 215 g/mol. The molecular formula is C12H13N3O. The van der Waals surface area contributed by atoms with Crippen LogP contribution < -0.4 is 0 Å². The van der Waals surface area contributed by atoms with Crippen molar-refractivity contribution in [3.05, 3.63) is 41.7 Å². The van der Waals surface area contributed by atoms with Gasteiger partial charge in [-0.05, 0) is 6.92 Å². The molecule has 2 aromatic rings. The normalized spacial score (nSPS) is 11.1. The van der Waals surface area contributed by atoms with Gasteiger partial charge in [0.25, 0.3) is 0 Å². The molecule has 1 aromatic heterocycles. The van der Waals surface area contributed by atoms with E-state index in [0.29, 0.717) is 0 Å². The Hall–Kier alpha value is -2.10. The van der Waals surface area contributed by atoms with Crippen LogP contribution in [0.3, 0.4) is 0 Å². The van der Waals surface area contributed by atoms with Crippen LogP contribution in [0.25, 0.3) is 11.4 Å². The number of oxime groups is 1. The highest BCUT2D eigenvalue weighted by Gasteiger charge is 2.10. The molecule has 0 atom stereocenters. The van der Waals surface area contributed by atoms with E-state index < -0.39 is 0 Å². The van der Waals surface area contributed by atoms with Crippen LogP contribution >= 0.6 is 0 Å². The van der Waals surface area contributed by atoms with Gasteiger partial charge in [-0.15, -0.1) is 0 Å². The zero-order chi connectivity index (χ0) is 11.5. The second-order valence-electron chi connectivity index (χ2n) is 3.58. The van der Waals surface area contributed by atoms with E-state index in [9.17, 15) is 0 Å². The van der Waals surface area contributed by atoms with E-state index in [1.165, 1.54) is 6.21 Å². The third kappa shape index (κ3) is 1.69. The zero-order valence-electron chi connectivity index (χ0n) is 9.25. The Balaban J connectivity index is 2.56. The molecule has 2 rings (SSSR count). The van der Waals surface area contributed by atoms with Crippen LogP contribution in [-0.4, -0.2) is 21.0 Å². The van der Waals surface area contributed by atoms with Gasteiger partial charge in [-0.1, -0.05) is 35.5 Å². The molecule has 0 saturated carbocycles. The van der Waals surface area contributed by atoms with Gasteiger partial charge in [0, 0.05) is 12.6 Å². The van der Waals surface area contributed by atoms with Crippen molar-refractivity contribution in [1.82, 2.24) is 9.55 Å². The summed E-state index contributed by atoms with van der Waals surface area (Å²) < 4.78 is 1.91. The van der Waals surface area contributed by atoms with Gasteiger partial charge in [-0.25, -0.2) is 4.98 Å². The number of nitrogens with zero attached hydrogens (tertiary/aromatic N) is 3. The summed E-state index contributed by atoms with van der Waals surface area (Å²) in [5, 5.41) is 11.6. The monoisotopic (exact) mass is 215 g/mol. The van der Waals surface area contributed by atoms with Crippen molar-refractivity contribution < 1.29 is 5.21 Å². The van der Waals surface area contributed by atoms with Crippen LogP contribution in [0, 0.1) is 6.92 Å². The minimum Gasteiger partial charge on any atom is -0.411 e. The molecular weight excluding hydrogens is 202 g/mol. The van der Waals surface area contributed by atoms with Gasteiger partial charge in [0.15, 0.2) is 0 Å². The number of benzene rings is 1. The molecule has 0 aliphatic carbocycles. The van der Waals surface area contributed by atoms with E-state index in [2.05, 4.69) is 10.1 Å². The lowest BCUT2D eigenvalue weighted by atomic mass is 10.2. The first kappa shape index (κ1) is 10.4. The first-order valence-electron chi connectivity index (χ1n) is 5.00. The maximum atomic E-state index is 8.58. The summed E-state index contributed by atoms with van der Waals surface area (Å²) in [6, 6.07) is 9.91. The topological polar surface area (TPSA) is 50.4 Å². The Morgan fingerprint density at radius 2 is 2.00 bits per heavy atom. The predicted molar refractivity (Wildman–Crippen MR) is 62.8 cm³/mol. The van der Waals surface area contributed by atoms with Crippen molar-refractivity contribution >= 4 is 6.21 Å². The minimum absolute atomic E-state index is 0.807. The lowest BCUT2D eigenvalue weighted by Gasteiger charge is -2.02. The molecule has 82 valence electrons. The van der Waals surface area contributed by atoms with Crippen molar-refractivity contribution in [2.75, 3.05) is 0 Å². The van der Waals surface area contributed by atoms with Crippen LogP contribution in [0.4, 0.5) is 0 Å². The maximum absolute atomic E-state index is 8.58. The third-order valence-corrected chi connectivity index (χ3v) is 2.54. The molecule has 0 unspecified atom stereocenters. The Morgan fingerprint density at radius 3 is 2.62 bits per heavy atom. The Morgan fingerprint density at radius 1 is 1.31 bits per heavy atom. The van der Waals surface area contributed by atoms with Crippen LogP contribution in [-0.2, 0) is 7.05 Å². The number of aromatic nitrogens is 2. The zero-order valence-corrected chi connectivity index (χ0v) is 9.25. The molecule has 1 heterocycles. The molecule has 0 aliphatic heterocycles. The molecule has 4 nitrogen and oxygen atoms in total. The summed E-state index contributed by atoms with van der Waals surface area (Å²) in [6.07, 6.45) is 1.40. The van der Waals surface area contributed by atoms with Crippen LogP contribution in [0.1, 0.15) is 11.4 Å². The van der Waals surface area contributed by atoms with E-state index >= 15 is 0 Å². The molecule has 0 amide bonds. The lowest BCUT2D eigenvalue weighted by molar-refractivity contribution is 0.321. The fourth-order valence-corrected chi connectivity index (χ4v) is 1.73. The number of aryl methyl sites for hydroxylation is 1. The molecule has 0 saturated heterocycles. The smallest absolute Gasteiger partial charge is 0.140 e. The summed E-state index contributed by atoms with van der Waals surface area (Å²) in [7, 11) is 1.90. The van der Waals surface area contributed by atoms with Crippen molar-refractivity contribution in [2.45, 2.75) is 6.92 Å². The molecule has 16 heavy (non-hydrogen) atoms. The first-order valence-corrected chi connectivity index (χ1v) is 5.00. The summed E-state index contributed by atoms with van der Waals surface area (Å²) >= 11 is 0. The highest BCUT2D eigenvalue weighted by molar-refractivity contribution is 5.80. The molecule has 4 heteroatoms. The van der Waals surface area contributed by atoms with Crippen molar-refractivity contribution in [1.29, 1.82) is 0 Å². The van der Waals surface area contributed by atoms with Gasteiger partial charge in [-0.3, -0.25) is 0 Å². The van der Waals surface area contributed by atoms with Crippen LogP contribution in [0.15, 0.2) is 35.5 Å². The van der Waals surface area contributed by atoms with E-state index in [4.69, 9.17) is 5.21 Å². The average Bonchev–Trinajstić information content (AvgIpc) is 2.59. The fraction of sp³-hybridized carbons (Fsp3) is 0.167. The van der Waals surface area contributed by atoms with Gasteiger partial charge in [0.05, 0.1) is 17.6 Å². The largest absolute Gasteiger partial charge is 0.411 e. The number of hydrogen-bond acceptors (Lipinski definition) is 3. The molecule has 0 aliphatic rings. The number of hydrogen-bond donors (Lipinski definition) is 1. The van der Waals surface area contributed by atoms with Crippen molar-refractivity contribution in [3.8, 4) is 11.4 Å². The molecule has 0 spiro atoms. The molecule has 0 radical (unpaired) electrons. The SMILES string of the molecule is Cc1nc(-c2ccccc2)n(C)c1/C=N/O. The van der Waals surface area contributed by atoms with Crippen LogP contribution in [0.2, 0.25) is 0 Å². The molecule has 1 N–H and O–H groups in total. The lowest BCUT2D eigenvalue weighted by Crippen LogP contribution is -1.98. The predicted octanol–water partition coefficient (Wildman–Crippen LogP) is 2.20. The highest BCUT2D eigenvalue weighted by atomic mass is 16.4. The van der Waals surface area contributed by atoms with Gasteiger partial charge >= 0.3 is 0 Å². The van der Waals surface area contributed by atoms with E-state index in [0.717, 1.165) is 22.8 Å². The standard InChI is InChI=1S/C12H13N3O/c1-9-11(8-13-16)15(2)12(14-9)10-6-4-3-5-7-10/h3-8,16H,1-2H3/b13-8+. The summed E-state index contributed by atoms with van der Waals surface area (Å²) in [6.45, 7) is 1.89. The van der Waals surface area contributed by atoms with Gasteiger partial charge < -0.3 is 9.77 Å². The third-order valence-electron chi connectivity index (χ3n) is 2.54. The maximum Gasteiger partial charge on any atom is 0.140 e. The number of rotatable bonds is 2. The van der Waals surface area contributed by atoms with E-state index in [1.54, 1.807) is 0 Å². The quantitative estimate of drug-likeness (QED) is 0.474. The Bertz CT molecular complexity index is 515. The summed E-state index contributed by atoms with van der Waals surface area (Å²) in [5.74, 6) is 0.869. The van der Waals surface area contributed by atoms with E-state index in [1.807, 2.05) is 48.9 Å². The second-order valence-corrected chi connectivity index (χ2v) is 3.58. The first-order chi connectivity index (χ1) is 7.74. The van der Waals surface area contributed by atoms with Gasteiger partial charge in [0.2, 0.25) is 0 Å². The fourth-order valence-electron chi connectivity index (χ4n) is 1.73. The summed E-state index contributed by atoms with van der Waals surface area (Å²) in [5.41, 5.74) is 2.70. The number of imidazole rings is 1. The summed E-state index contributed by atoms with van der Waals surface area (Å²) in [4.78, 5) is 4.46. The van der Waals surface area contributed by atoms with Gasteiger partial charge in [-0.2, -0.15) is 0 Å². The van der Waals surface area contributed by atoms with Crippen LogP contribution in [0.5, 0.6) is 0 Å². The molecule has 0 fully saturated rings. The van der Waals surface area contributed by atoms with Crippen molar-refractivity contribution in [3.63, 3.8) is 0 Å². The molecule has 0 bridgehead atoms. The van der Waals surface area contributed by atoms with Gasteiger partial charge in [0.1, 0.15) is 5.82 Å². The Labute approximate surface area is 93.9 Å². The van der Waals surface area contributed by atoms with E-state index in [-0.39, 0.29) is 0 Å².